The Labute approximate surface area is 215 Å². The van der Waals surface area contributed by atoms with E-state index in [-0.39, 0.29) is 17.2 Å². The van der Waals surface area contributed by atoms with E-state index in [0.717, 1.165) is 67.9 Å². The lowest BCUT2D eigenvalue weighted by Gasteiger charge is -2.39. The maximum atomic E-state index is 14.0. The quantitative estimate of drug-likeness (QED) is 0.483. The summed E-state index contributed by atoms with van der Waals surface area (Å²) < 4.78 is 8.48. The van der Waals surface area contributed by atoms with E-state index in [1.165, 1.54) is 0 Å². The first kappa shape index (κ1) is 23.3. The molecule has 2 saturated heterocycles. The number of rotatable bonds is 3. The molecule has 7 heteroatoms. The number of likely N-dealkylation sites (tertiary alicyclic amines) is 2. The molecule has 5 heterocycles. The van der Waals surface area contributed by atoms with Crippen LogP contribution < -0.4 is 0 Å². The Balaban J connectivity index is 1.14. The van der Waals surface area contributed by atoms with Crippen molar-refractivity contribution >= 4 is 29.2 Å². The van der Waals surface area contributed by atoms with Crippen molar-refractivity contribution in [3.63, 3.8) is 0 Å². The number of amides is 2. The largest absolute Gasteiger partial charge is 0.354 e. The molecule has 0 saturated carbocycles. The molecule has 6 rings (SSSR count). The van der Waals surface area contributed by atoms with Crippen LogP contribution in [0.25, 0.3) is 11.8 Å². The van der Waals surface area contributed by atoms with Crippen LogP contribution in [-0.2, 0) is 26.5 Å². The summed E-state index contributed by atoms with van der Waals surface area (Å²) in [6, 6.07) is 14.2. The highest BCUT2D eigenvalue weighted by atomic mass is 32.1. The van der Waals surface area contributed by atoms with Gasteiger partial charge in [-0.25, -0.2) is 0 Å². The summed E-state index contributed by atoms with van der Waals surface area (Å²) >= 11 is 1.63. The molecule has 0 aliphatic carbocycles. The van der Waals surface area contributed by atoms with Crippen LogP contribution in [0, 0.1) is 5.41 Å². The third kappa shape index (κ3) is 4.00. The van der Waals surface area contributed by atoms with Gasteiger partial charge in [0.25, 0.3) is 5.91 Å². The van der Waals surface area contributed by atoms with Gasteiger partial charge in [0.2, 0.25) is 5.91 Å². The minimum atomic E-state index is -1.04. The maximum Gasteiger partial charge on any atom is 0.260 e. The second-order valence-electron chi connectivity index (χ2n) is 10.4. The van der Waals surface area contributed by atoms with E-state index in [1.54, 1.807) is 17.4 Å². The molecule has 0 bridgehead atoms. The first-order valence-electron chi connectivity index (χ1n) is 12.7. The van der Waals surface area contributed by atoms with Crippen molar-refractivity contribution in [3.05, 3.63) is 82.3 Å². The molecular weight excluding hydrogens is 470 g/mol. The zero-order chi connectivity index (χ0) is 24.8. The van der Waals surface area contributed by atoms with E-state index < -0.39 is 5.60 Å². The van der Waals surface area contributed by atoms with Gasteiger partial charge in [-0.2, -0.15) is 11.3 Å². The minimum Gasteiger partial charge on any atom is -0.354 e. The van der Waals surface area contributed by atoms with E-state index in [9.17, 15) is 9.59 Å². The molecule has 2 amide bonds. The van der Waals surface area contributed by atoms with Crippen LogP contribution in [0.5, 0.6) is 0 Å². The summed E-state index contributed by atoms with van der Waals surface area (Å²) in [6.45, 7) is 5.25. The monoisotopic (exact) mass is 501 g/mol. The topological polar surface area (TPSA) is 54.8 Å². The summed E-state index contributed by atoms with van der Waals surface area (Å²) in [5, 5.41) is 4.05. The molecule has 0 N–H and O–H groups in total. The van der Waals surface area contributed by atoms with Crippen molar-refractivity contribution in [3.8, 4) is 5.69 Å². The Morgan fingerprint density at radius 3 is 2.56 bits per heavy atom. The number of hydrogen-bond donors (Lipinski definition) is 0. The van der Waals surface area contributed by atoms with Gasteiger partial charge in [0.15, 0.2) is 5.60 Å². The Morgan fingerprint density at radius 1 is 1.00 bits per heavy atom. The first-order chi connectivity index (χ1) is 17.5. The molecule has 2 fully saturated rings. The molecule has 186 valence electrons. The number of aromatic nitrogens is 1. The first-order valence-corrected chi connectivity index (χ1v) is 13.6. The molecule has 0 radical (unpaired) electrons. The van der Waals surface area contributed by atoms with E-state index in [4.69, 9.17) is 4.74 Å². The number of ether oxygens (including phenoxy) is 1. The van der Waals surface area contributed by atoms with Crippen LogP contribution in [0.3, 0.4) is 0 Å². The van der Waals surface area contributed by atoms with E-state index in [0.29, 0.717) is 6.61 Å². The lowest BCUT2D eigenvalue weighted by atomic mass is 9.77. The molecule has 3 aromatic rings. The van der Waals surface area contributed by atoms with Crippen molar-refractivity contribution < 1.29 is 14.3 Å². The van der Waals surface area contributed by atoms with Crippen molar-refractivity contribution in [1.82, 2.24) is 14.4 Å². The molecule has 3 aliphatic heterocycles. The maximum absolute atomic E-state index is 14.0. The fourth-order valence-electron chi connectivity index (χ4n) is 5.98. The van der Waals surface area contributed by atoms with Gasteiger partial charge in [-0.15, -0.1) is 0 Å². The molecule has 2 aromatic heterocycles. The van der Waals surface area contributed by atoms with E-state index >= 15 is 0 Å². The molecule has 1 aromatic carbocycles. The summed E-state index contributed by atoms with van der Waals surface area (Å²) in [6.07, 6.45) is 8.41. The minimum absolute atomic E-state index is 0.0318. The number of fused-ring (bicyclic) bond motifs is 3. The van der Waals surface area contributed by atoms with Crippen LogP contribution in [0.1, 0.15) is 43.0 Å². The Kier molecular flexibility index (Phi) is 5.85. The summed E-state index contributed by atoms with van der Waals surface area (Å²) in [7, 11) is 0. The SMILES string of the molecule is CC1(C(=O)N2CCC3(CCN(C(=O)/C=C/c4ccsc4)CC3)C2)OCc2ccccc2-n2cccc21. The second-order valence-corrected chi connectivity index (χ2v) is 11.2. The average Bonchev–Trinajstić information content (AvgIpc) is 3.67. The van der Waals surface area contributed by atoms with E-state index in [2.05, 4.69) is 16.7 Å². The number of hydrogen-bond acceptors (Lipinski definition) is 4. The Bertz CT molecular complexity index is 1300. The van der Waals surface area contributed by atoms with Crippen LogP contribution >= 0.6 is 11.3 Å². The molecule has 6 nitrogen and oxygen atoms in total. The van der Waals surface area contributed by atoms with Crippen LogP contribution in [0.2, 0.25) is 0 Å². The van der Waals surface area contributed by atoms with Gasteiger partial charge < -0.3 is 19.1 Å². The summed E-state index contributed by atoms with van der Waals surface area (Å²) in [5.74, 6) is 0.103. The van der Waals surface area contributed by atoms with Crippen molar-refractivity contribution in [2.45, 2.75) is 38.4 Å². The third-order valence-corrected chi connectivity index (χ3v) is 8.94. The van der Waals surface area contributed by atoms with Crippen molar-refractivity contribution in [2.24, 2.45) is 5.41 Å². The van der Waals surface area contributed by atoms with Gasteiger partial charge in [-0.05, 0) is 78.3 Å². The number of para-hydroxylation sites is 1. The molecule has 1 spiro atoms. The van der Waals surface area contributed by atoms with Crippen LogP contribution in [0.15, 0.2) is 65.5 Å². The van der Waals surface area contributed by atoms with Gasteiger partial charge in [0.1, 0.15) is 0 Å². The number of piperidine rings is 1. The predicted octanol–water partition coefficient (Wildman–Crippen LogP) is 4.84. The fraction of sp³-hybridized carbons (Fsp3) is 0.379. The fourth-order valence-corrected chi connectivity index (χ4v) is 6.61. The van der Waals surface area contributed by atoms with Crippen molar-refractivity contribution in [2.75, 3.05) is 26.2 Å². The lowest BCUT2D eigenvalue weighted by Crippen LogP contribution is -2.48. The molecule has 1 unspecified atom stereocenters. The molecule has 1 atom stereocenters. The predicted molar refractivity (Wildman–Crippen MR) is 141 cm³/mol. The average molecular weight is 502 g/mol. The zero-order valence-corrected chi connectivity index (χ0v) is 21.4. The highest BCUT2D eigenvalue weighted by Gasteiger charge is 2.49. The number of benzene rings is 1. The van der Waals surface area contributed by atoms with Gasteiger partial charge in [-0.3, -0.25) is 9.59 Å². The molecular formula is C29H31N3O3S. The Hall–Kier alpha value is -3.16. The van der Waals surface area contributed by atoms with Crippen LogP contribution in [-0.4, -0.2) is 52.4 Å². The normalized spacial score (nSPS) is 23.0. The second kappa shape index (κ2) is 9.05. The van der Waals surface area contributed by atoms with Crippen LogP contribution in [0.4, 0.5) is 0 Å². The Morgan fingerprint density at radius 2 is 1.78 bits per heavy atom. The number of thiophene rings is 1. The molecule has 36 heavy (non-hydrogen) atoms. The van der Waals surface area contributed by atoms with E-state index in [1.807, 2.05) is 70.1 Å². The summed E-state index contributed by atoms with van der Waals surface area (Å²) in [5.41, 5.74) is 3.12. The third-order valence-electron chi connectivity index (χ3n) is 8.24. The highest BCUT2D eigenvalue weighted by molar-refractivity contribution is 7.08. The number of carbonyl (C=O) groups excluding carboxylic acids is 2. The number of nitrogens with zero attached hydrogens (tertiary/aromatic N) is 3. The molecule has 3 aliphatic rings. The van der Waals surface area contributed by atoms with Gasteiger partial charge in [0, 0.05) is 44.0 Å². The van der Waals surface area contributed by atoms with Gasteiger partial charge in [0.05, 0.1) is 18.0 Å². The lowest BCUT2D eigenvalue weighted by molar-refractivity contribution is -0.159. The summed E-state index contributed by atoms with van der Waals surface area (Å²) in [4.78, 5) is 30.6. The van der Waals surface area contributed by atoms with Crippen molar-refractivity contribution in [1.29, 1.82) is 0 Å². The standard InChI is InChI=1S/C29H31N3O3S/c1-28(25-7-4-14-32(25)24-6-3-2-5-23(24)19-35-28)27(34)31-17-13-29(21-31)11-15-30(16-12-29)26(33)9-8-22-10-18-36-20-22/h2-10,14,18,20H,11-13,15-17,19,21H2,1H3/b9-8+. The smallest absolute Gasteiger partial charge is 0.260 e. The zero-order valence-electron chi connectivity index (χ0n) is 20.6. The highest BCUT2D eigenvalue weighted by Crippen LogP contribution is 2.43. The number of carbonyl (C=O) groups is 2. The van der Waals surface area contributed by atoms with Gasteiger partial charge in [-0.1, -0.05) is 18.2 Å². The van der Waals surface area contributed by atoms with Gasteiger partial charge >= 0.3 is 0 Å².